The molecule has 12 nitrogen and oxygen atoms in total. The summed E-state index contributed by atoms with van der Waals surface area (Å²) in [5, 5.41) is 0. The Kier molecular flexibility index (Phi) is 16.3. The molecule has 0 amide bonds. The molecule has 3 unspecified atom stereocenters. The first-order chi connectivity index (χ1) is 21.0. The standard InChI is InChI=1S/C32H46N4O8/c1-22(44-32(40)28(36)20-24-12-16-26(34)17-13-24)7-4-5-9-30(38)43-21-42-29(37)8-3-2-6-18-41-31(39)27(35)19-23-10-14-25(33)15-11-23/h10-17,22,27-28H,2-9,18-21,33-36H2,1H3. The van der Waals surface area contributed by atoms with Crippen molar-refractivity contribution in [3.8, 4) is 0 Å². The summed E-state index contributed by atoms with van der Waals surface area (Å²) in [6.07, 6.45) is 4.17. The van der Waals surface area contributed by atoms with E-state index in [4.69, 9.17) is 41.9 Å². The van der Waals surface area contributed by atoms with Crippen molar-refractivity contribution in [1.29, 1.82) is 0 Å². The van der Waals surface area contributed by atoms with Crippen molar-refractivity contribution in [2.75, 3.05) is 24.9 Å². The Morgan fingerprint density at radius 1 is 0.636 bits per heavy atom. The minimum atomic E-state index is -0.778. The van der Waals surface area contributed by atoms with Crippen LogP contribution < -0.4 is 22.9 Å². The quantitative estimate of drug-likeness (QED) is 0.0558. The zero-order valence-electron chi connectivity index (χ0n) is 25.4. The first-order valence-electron chi connectivity index (χ1n) is 14.9. The predicted molar refractivity (Wildman–Crippen MR) is 166 cm³/mol. The molecule has 0 bridgehead atoms. The molecule has 0 saturated heterocycles. The van der Waals surface area contributed by atoms with Gasteiger partial charge in [-0.05, 0) is 93.7 Å². The fourth-order valence-electron chi connectivity index (χ4n) is 4.16. The highest BCUT2D eigenvalue weighted by molar-refractivity contribution is 5.76. The van der Waals surface area contributed by atoms with E-state index in [2.05, 4.69) is 0 Å². The predicted octanol–water partition coefficient (Wildman–Crippen LogP) is 2.93. The van der Waals surface area contributed by atoms with Gasteiger partial charge in [-0.1, -0.05) is 24.3 Å². The minimum Gasteiger partial charge on any atom is -0.465 e. The van der Waals surface area contributed by atoms with Gasteiger partial charge >= 0.3 is 23.9 Å². The van der Waals surface area contributed by atoms with Crippen LogP contribution in [0.4, 0.5) is 11.4 Å². The number of unbranched alkanes of at least 4 members (excludes halogenated alkanes) is 3. The maximum atomic E-state index is 12.2. The molecule has 0 fully saturated rings. The number of esters is 4. The molecule has 3 atom stereocenters. The molecule has 8 N–H and O–H groups in total. The molecule has 0 radical (unpaired) electrons. The lowest BCUT2D eigenvalue weighted by atomic mass is 10.1. The van der Waals surface area contributed by atoms with Crippen molar-refractivity contribution < 1.29 is 38.1 Å². The van der Waals surface area contributed by atoms with Gasteiger partial charge in [0.25, 0.3) is 0 Å². The smallest absolute Gasteiger partial charge is 0.323 e. The average Bonchev–Trinajstić information content (AvgIpc) is 2.99. The van der Waals surface area contributed by atoms with Gasteiger partial charge in [0.2, 0.25) is 6.79 Å². The summed E-state index contributed by atoms with van der Waals surface area (Å²) in [5.41, 5.74) is 26.2. The number of anilines is 2. The summed E-state index contributed by atoms with van der Waals surface area (Å²) in [6, 6.07) is 12.7. The topological polar surface area (TPSA) is 209 Å². The van der Waals surface area contributed by atoms with Crippen LogP contribution in [0.2, 0.25) is 0 Å². The van der Waals surface area contributed by atoms with Crippen LogP contribution in [-0.2, 0) is 51.0 Å². The van der Waals surface area contributed by atoms with Crippen molar-refractivity contribution in [3.63, 3.8) is 0 Å². The van der Waals surface area contributed by atoms with Gasteiger partial charge in [-0.25, -0.2) is 0 Å². The number of hydrogen-bond donors (Lipinski definition) is 4. The van der Waals surface area contributed by atoms with Crippen LogP contribution in [0, 0.1) is 0 Å². The maximum Gasteiger partial charge on any atom is 0.323 e. The van der Waals surface area contributed by atoms with E-state index in [1.807, 2.05) is 24.3 Å². The molecule has 242 valence electrons. The molecule has 0 aliphatic rings. The number of benzene rings is 2. The van der Waals surface area contributed by atoms with Crippen LogP contribution in [0.1, 0.15) is 69.4 Å². The Morgan fingerprint density at radius 3 is 1.64 bits per heavy atom. The van der Waals surface area contributed by atoms with Crippen molar-refractivity contribution in [2.24, 2.45) is 11.5 Å². The molecule has 2 aromatic rings. The van der Waals surface area contributed by atoms with Gasteiger partial charge in [0.05, 0.1) is 12.7 Å². The lowest BCUT2D eigenvalue weighted by Crippen LogP contribution is -2.36. The zero-order valence-corrected chi connectivity index (χ0v) is 25.4. The SMILES string of the molecule is CC(CCCCC(=O)OCOC(=O)CCCCCOC(=O)C(N)Cc1ccc(N)cc1)OC(=O)C(N)Cc1ccc(N)cc1. The van der Waals surface area contributed by atoms with Crippen LogP contribution in [-0.4, -0.2) is 55.5 Å². The molecule has 0 aliphatic heterocycles. The fraction of sp³-hybridized carbons (Fsp3) is 0.500. The first kappa shape index (κ1) is 36.0. The third-order valence-electron chi connectivity index (χ3n) is 6.74. The van der Waals surface area contributed by atoms with Crippen LogP contribution in [0.25, 0.3) is 0 Å². The second-order valence-corrected chi connectivity index (χ2v) is 10.7. The number of hydrogen-bond acceptors (Lipinski definition) is 12. The van der Waals surface area contributed by atoms with Crippen LogP contribution in [0.3, 0.4) is 0 Å². The summed E-state index contributed by atoms with van der Waals surface area (Å²) in [4.78, 5) is 48.1. The summed E-state index contributed by atoms with van der Waals surface area (Å²) in [7, 11) is 0. The molecule has 0 aliphatic carbocycles. The van der Waals surface area contributed by atoms with E-state index in [0.29, 0.717) is 62.7 Å². The highest BCUT2D eigenvalue weighted by Crippen LogP contribution is 2.12. The van der Waals surface area contributed by atoms with Crippen molar-refractivity contribution in [2.45, 2.75) is 89.3 Å². The van der Waals surface area contributed by atoms with Gasteiger partial charge in [0.1, 0.15) is 12.1 Å². The van der Waals surface area contributed by atoms with Crippen molar-refractivity contribution >= 4 is 35.3 Å². The van der Waals surface area contributed by atoms with E-state index in [0.717, 1.165) is 11.1 Å². The minimum absolute atomic E-state index is 0.150. The zero-order chi connectivity index (χ0) is 32.3. The molecule has 2 rings (SSSR count). The molecule has 0 spiro atoms. The van der Waals surface area contributed by atoms with E-state index in [-0.39, 0.29) is 25.6 Å². The second kappa shape index (κ2) is 19.9. The highest BCUT2D eigenvalue weighted by Gasteiger charge is 2.19. The summed E-state index contributed by atoms with van der Waals surface area (Å²) >= 11 is 0. The second-order valence-electron chi connectivity index (χ2n) is 10.7. The number of nitrogen functional groups attached to an aromatic ring is 2. The Hall–Kier alpha value is -4.16. The molecular weight excluding hydrogens is 568 g/mol. The molecule has 0 heterocycles. The van der Waals surface area contributed by atoms with E-state index >= 15 is 0 Å². The lowest BCUT2D eigenvalue weighted by Gasteiger charge is -2.17. The van der Waals surface area contributed by atoms with Gasteiger partial charge < -0.3 is 41.9 Å². The number of nitrogens with two attached hydrogens (primary N) is 4. The van der Waals surface area contributed by atoms with Gasteiger partial charge in [-0.3, -0.25) is 19.2 Å². The number of carbonyl (C=O) groups is 4. The fourth-order valence-corrected chi connectivity index (χ4v) is 4.16. The first-order valence-corrected chi connectivity index (χ1v) is 14.9. The Labute approximate surface area is 258 Å². The van der Waals surface area contributed by atoms with Gasteiger partial charge in [-0.2, -0.15) is 0 Å². The van der Waals surface area contributed by atoms with E-state index in [9.17, 15) is 19.2 Å². The normalized spacial score (nSPS) is 12.9. The van der Waals surface area contributed by atoms with Crippen LogP contribution in [0.5, 0.6) is 0 Å². The van der Waals surface area contributed by atoms with Gasteiger partial charge in [0.15, 0.2) is 0 Å². The third-order valence-corrected chi connectivity index (χ3v) is 6.74. The highest BCUT2D eigenvalue weighted by atomic mass is 16.7. The molecular formula is C32H46N4O8. The monoisotopic (exact) mass is 614 g/mol. The summed E-state index contributed by atoms with van der Waals surface area (Å²) in [6.45, 7) is 1.54. The Bertz CT molecular complexity index is 1170. The third kappa shape index (κ3) is 15.4. The van der Waals surface area contributed by atoms with E-state index in [1.165, 1.54) is 0 Å². The molecule has 12 heteroatoms. The average molecular weight is 615 g/mol. The maximum absolute atomic E-state index is 12.2. The number of rotatable bonds is 20. The van der Waals surface area contributed by atoms with Gasteiger partial charge in [-0.15, -0.1) is 0 Å². The van der Waals surface area contributed by atoms with Crippen LogP contribution >= 0.6 is 0 Å². The molecule has 2 aromatic carbocycles. The van der Waals surface area contributed by atoms with E-state index in [1.54, 1.807) is 31.2 Å². The number of carbonyl (C=O) groups excluding carboxylic acids is 4. The lowest BCUT2D eigenvalue weighted by molar-refractivity contribution is -0.167. The van der Waals surface area contributed by atoms with Gasteiger partial charge in [0, 0.05) is 24.2 Å². The van der Waals surface area contributed by atoms with E-state index < -0.39 is 42.8 Å². The molecule has 0 saturated carbocycles. The van der Waals surface area contributed by atoms with Crippen molar-refractivity contribution in [3.05, 3.63) is 59.7 Å². The molecule has 44 heavy (non-hydrogen) atoms. The summed E-state index contributed by atoms with van der Waals surface area (Å²) < 4.78 is 20.5. The molecule has 0 aromatic heterocycles. The van der Waals surface area contributed by atoms with Crippen LogP contribution in [0.15, 0.2) is 48.5 Å². The van der Waals surface area contributed by atoms with Crippen molar-refractivity contribution in [1.82, 2.24) is 0 Å². The largest absolute Gasteiger partial charge is 0.465 e. The summed E-state index contributed by atoms with van der Waals surface area (Å²) in [5.74, 6) is -1.92. The Balaban J connectivity index is 1.43. The number of ether oxygens (including phenoxy) is 4. The Morgan fingerprint density at radius 2 is 1.11 bits per heavy atom.